The third-order valence-corrected chi connectivity index (χ3v) is 0. The fraction of sp³-hybridized carbons (Fsp3) is 0. The summed E-state index contributed by atoms with van der Waals surface area (Å²) in [5.41, 5.74) is 0. The van der Waals surface area contributed by atoms with Gasteiger partial charge in [0.25, 0.3) is 0 Å². The van der Waals surface area contributed by atoms with Crippen molar-refractivity contribution < 1.29 is 73.4 Å². The first kappa shape index (κ1) is 1050. The summed E-state index contributed by atoms with van der Waals surface area (Å²) in [4.78, 5) is 0. The Labute approximate surface area is 86.8 Å². The van der Waals surface area contributed by atoms with E-state index in [1.807, 2.05) is 0 Å². The van der Waals surface area contributed by atoms with E-state index >= 15 is 0 Å². The summed E-state index contributed by atoms with van der Waals surface area (Å²) < 4.78 is 0. The predicted octanol–water partition coefficient (Wildman–Crippen LogP) is -9.86. The summed E-state index contributed by atoms with van der Waals surface area (Å²) in [5, 5.41) is 0. The van der Waals surface area contributed by atoms with Gasteiger partial charge in [0, 0.05) is 0 Å². The molecule has 0 aliphatic carbocycles. The quantitative estimate of drug-likeness (QED) is 0.206. The topological polar surface area (TPSA) is 252 Å². The molecular weight excluding hydrogens is 183 g/mol. The van der Waals surface area contributed by atoms with Gasteiger partial charge in [0.15, 0.2) is 0 Å². The van der Waals surface area contributed by atoms with E-state index in [9.17, 15) is 0 Å². The van der Waals surface area contributed by atoms with Crippen molar-refractivity contribution in [2.75, 3.05) is 0 Å². The van der Waals surface area contributed by atoms with Crippen molar-refractivity contribution in [1.29, 1.82) is 0 Å². The van der Waals surface area contributed by atoms with Crippen molar-refractivity contribution >= 4 is 13.5 Å². The molecular formula is H17NaO8S. The first-order valence-corrected chi connectivity index (χ1v) is 0. The SMILES string of the molecule is O.O.O.O.O.O.O.O.[Na+].[SH-]. The van der Waals surface area contributed by atoms with Gasteiger partial charge < -0.3 is 57.3 Å². The van der Waals surface area contributed by atoms with Crippen LogP contribution in [0, 0.1) is 0 Å². The van der Waals surface area contributed by atoms with Crippen LogP contribution in [0.25, 0.3) is 0 Å². The van der Waals surface area contributed by atoms with Gasteiger partial charge in [-0.3, -0.25) is 0 Å². The Kier molecular flexibility index (Phi) is 80600. The van der Waals surface area contributed by atoms with Crippen LogP contribution >= 0.6 is 0 Å². The minimum atomic E-state index is 0. The van der Waals surface area contributed by atoms with Crippen LogP contribution < -0.4 is 29.6 Å². The van der Waals surface area contributed by atoms with Crippen molar-refractivity contribution in [3.8, 4) is 0 Å². The molecule has 0 saturated carbocycles. The van der Waals surface area contributed by atoms with E-state index < -0.39 is 0 Å². The van der Waals surface area contributed by atoms with Gasteiger partial charge in [0.1, 0.15) is 0 Å². The molecule has 0 aliphatic rings. The van der Waals surface area contributed by atoms with E-state index in [2.05, 4.69) is 0 Å². The number of thiol groups is 1. The van der Waals surface area contributed by atoms with E-state index in [-0.39, 0.29) is 86.9 Å². The zero-order chi connectivity index (χ0) is 0. The summed E-state index contributed by atoms with van der Waals surface area (Å²) in [6, 6.07) is 0. The van der Waals surface area contributed by atoms with Gasteiger partial charge in [0.05, 0.1) is 0 Å². The van der Waals surface area contributed by atoms with Crippen LogP contribution in [0.5, 0.6) is 0 Å². The standard InChI is InChI=1S/Na.8H2O.H2S/h;9*1H2/q+1;;;;;;;;;/p-1. The molecule has 8 nitrogen and oxygen atoms in total. The van der Waals surface area contributed by atoms with Crippen molar-refractivity contribution in [2.24, 2.45) is 0 Å². The third-order valence-electron chi connectivity index (χ3n) is 0. The smallest absolute Gasteiger partial charge is 0.813 e. The monoisotopic (exact) mass is 200 g/mol. The van der Waals surface area contributed by atoms with Gasteiger partial charge in [-0.1, -0.05) is 0 Å². The Morgan fingerprint density at radius 2 is 0.300 bits per heavy atom. The number of rotatable bonds is 0. The van der Waals surface area contributed by atoms with E-state index in [0.29, 0.717) is 0 Å². The van der Waals surface area contributed by atoms with Crippen LogP contribution in [0.2, 0.25) is 0 Å². The Balaban J connectivity index is 0. The van der Waals surface area contributed by atoms with Crippen molar-refractivity contribution in [3.05, 3.63) is 0 Å². The van der Waals surface area contributed by atoms with Gasteiger partial charge in [-0.05, 0) is 0 Å². The number of hydrogen-bond acceptors (Lipinski definition) is 1. The Morgan fingerprint density at radius 1 is 0.300 bits per heavy atom. The Hall–Kier alpha value is 1.03. The van der Waals surface area contributed by atoms with E-state index in [4.69, 9.17) is 0 Å². The predicted molar refractivity (Wildman–Crippen MR) is 37.7 cm³/mol. The summed E-state index contributed by atoms with van der Waals surface area (Å²) in [7, 11) is 0. The van der Waals surface area contributed by atoms with E-state index in [1.165, 1.54) is 0 Å². The summed E-state index contributed by atoms with van der Waals surface area (Å²) in [6.45, 7) is 0. The fourth-order valence-electron chi connectivity index (χ4n) is 0. The van der Waals surface area contributed by atoms with Crippen LogP contribution in [-0.4, -0.2) is 43.8 Å². The van der Waals surface area contributed by atoms with Gasteiger partial charge in [-0.25, -0.2) is 0 Å². The Bertz CT molecular complexity index is 9.22. The second-order valence-electron chi connectivity index (χ2n) is 0. The molecule has 10 heteroatoms. The van der Waals surface area contributed by atoms with Gasteiger partial charge in [-0.2, -0.15) is 0 Å². The molecule has 0 amide bonds. The molecule has 0 aromatic rings. The maximum absolute atomic E-state index is 0. The zero-order valence-electron chi connectivity index (χ0n) is 5.45. The van der Waals surface area contributed by atoms with E-state index in [0.717, 1.165) is 0 Å². The molecule has 0 spiro atoms. The molecule has 72 valence electrons. The second-order valence-corrected chi connectivity index (χ2v) is 0. The molecule has 10 heavy (non-hydrogen) atoms. The van der Waals surface area contributed by atoms with Gasteiger partial charge in [0.2, 0.25) is 0 Å². The maximum atomic E-state index is 0. The molecule has 0 fully saturated rings. The van der Waals surface area contributed by atoms with Crippen molar-refractivity contribution in [3.63, 3.8) is 0 Å². The molecule has 0 atom stereocenters. The van der Waals surface area contributed by atoms with Crippen LogP contribution in [0.1, 0.15) is 0 Å². The van der Waals surface area contributed by atoms with E-state index in [1.54, 1.807) is 0 Å². The third kappa shape index (κ3) is 549. The largest absolute Gasteiger partial charge is 1.00 e. The normalized spacial score (nSPS) is 0. The molecule has 0 aromatic carbocycles. The molecule has 0 radical (unpaired) electrons. The first-order chi connectivity index (χ1) is 0. The molecule has 0 unspecified atom stereocenters. The van der Waals surface area contributed by atoms with Gasteiger partial charge >= 0.3 is 29.6 Å². The zero-order valence-corrected chi connectivity index (χ0v) is 8.34. The molecule has 0 saturated heterocycles. The Morgan fingerprint density at radius 3 is 0.300 bits per heavy atom. The van der Waals surface area contributed by atoms with Crippen LogP contribution in [-0.2, 0) is 13.5 Å². The van der Waals surface area contributed by atoms with Crippen LogP contribution in [0.15, 0.2) is 0 Å². The maximum Gasteiger partial charge on any atom is 1.00 e. The van der Waals surface area contributed by atoms with Crippen molar-refractivity contribution in [1.82, 2.24) is 0 Å². The molecule has 0 aromatic heterocycles. The van der Waals surface area contributed by atoms with Crippen LogP contribution in [0.3, 0.4) is 0 Å². The summed E-state index contributed by atoms with van der Waals surface area (Å²) in [6.07, 6.45) is 0. The summed E-state index contributed by atoms with van der Waals surface area (Å²) in [5.74, 6) is 0. The molecule has 0 rings (SSSR count). The number of hydrogen-bond donors (Lipinski definition) is 0. The average molecular weight is 200 g/mol. The van der Waals surface area contributed by atoms with Crippen molar-refractivity contribution in [2.45, 2.75) is 0 Å². The minimum absolute atomic E-state index is 0. The molecule has 0 bridgehead atoms. The molecule has 0 aliphatic heterocycles. The summed E-state index contributed by atoms with van der Waals surface area (Å²) >= 11 is 0. The minimum Gasteiger partial charge on any atom is -0.813 e. The average Bonchev–Trinajstić information content (AvgIpc) is 0. The first-order valence-electron chi connectivity index (χ1n) is 0. The van der Waals surface area contributed by atoms with Gasteiger partial charge in [-0.15, -0.1) is 0 Å². The molecule has 0 heterocycles. The fourth-order valence-corrected chi connectivity index (χ4v) is 0. The second kappa shape index (κ2) is 771. The van der Waals surface area contributed by atoms with Crippen LogP contribution in [0.4, 0.5) is 0 Å². The molecule has 16 N–H and O–H groups in total.